The van der Waals surface area contributed by atoms with Gasteiger partial charge in [-0.25, -0.2) is 0 Å². The van der Waals surface area contributed by atoms with Gasteiger partial charge in [-0.1, -0.05) is 61.9 Å². The van der Waals surface area contributed by atoms with Crippen LogP contribution in [0, 0.1) is 0 Å². The summed E-state index contributed by atoms with van der Waals surface area (Å²) < 4.78 is 5.14. The van der Waals surface area contributed by atoms with Gasteiger partial charge in [0, 0.05) is 11.3 Å². The largest absolute Gasteiger partial charge is 0.497 e. The fraction of sp³-hybridized carbons (Fsp3) is 0.227. The van der Waals surface area contributed by atoms with E-state index in [-0.39, 0.29) is 5.91 Å². The highest BCUT2D eigenvalue weighted by atomic mass is 16.5. The van der Waals surface area contributed by atoms with Crippen LogP contribution in [-0.2, 0) is 4.79 Å². The Morgan fingerprint density at radius 3 is 2.44 bits per heavy atom. The minimum absolute atomic E-state index is 0.0590. The van der Waals surface area contributed by atoms with Crippen LogP contribution in [0.2, 0.25) is 0 Å². The minimum atomic E-state index is -0.0590. The van der Waals surface area contributed by atoms with Crippen molar-refractivity contribution in [2.45, 2.75) is 26.2 Å². The van der Waals surface area contributed by atoms with Crippen LogP contribution in [0.15, 0.2) is 72.3 Å². The van der Waals surface area contributed by atoms with Crippen LogP contribution in [0.25, 0.3) is 6.08 Å². The summed E-state index contributed by atoms with van der Waals surface area (Å²) in [6.45, 7) is 2.12. The van der Waals surface area contributed by atoms with Gasteiger partial charge < -0.3 is 10.1 Å². The highest BCUT2D eigenvalue weighted by Gasteiger charge is 2.08. The van der Waals surface area contributed by atoms with Crippen LogP contribution in [0.4, 0.5) is 5.69 Å². The second kappa shape index (κ2) is 10.1. The van der Waals surface area contributed by atoms with Gasteiger partial charge in [0.1, 0.15) is 5.75 Å². The molecule has 130 valence electrons. The topological polar surface area (TPSA) is 38.3 Å². The molecule has 3 nitrogen and oxygen atoms in total. The predicted molar refractivity (Wildman–Crippen MR) is 105 cm³/mol. The third kappa shape index (κ3) is 6.30. The van der Waals surface area contributed by atoms with Crippen LogP contribution in [0.5, 0.6) is 5.75 Å². The van der Waals surface area contributed by atoms with E-state index in [0.29, 0.717) is 0 Å². The summed E-state index contributed by atoms with van der Waals surface area (Å²) in [4.78, 5) is 12.6. The first-order valence-electron chi connectivity index (χ1n) is 8.60. The molecule has 3 heteroatoms. The van der Waals surface area contributed by atoms with Gasteiger partial charge >= 0.3 is 0 Å². The zero-order chi connectivity index (χ0) is 17.9. The number of amides is 1. The quantitative estimate of drug-likeness (QED) is 0.513. The molecule has 0 aliphatic carbocycles. The van der Waals surface area contributed by atoms with Crippen molar-refractivity contribution in [3.05, 3.63) is 77.9 Å². The van der Waals surface area contributed by atoms with Crippen molar-refractivity contribution >= 4 is 17.7 Å². The van der Waals surface area contributed by atoms with Crippen LogP contribution in [-0.4, -0.2) is 13.0 Å². The Morgan fingerprint density at radius 1 is 1.08 bits per heavy atom. The standard InChI is InChI=1S/C22H25NO2/c1-3-4-12-19(13-8-11-18-9-6-5-7-10-18)22(24)23-20-14-16-21(25-2)17-15-20/h5-11,13-17H,3-4,12H2,1-2H3,(H,23,24)/b11-8+,19-13+. The van der Waals surface area contributed by atoms with E-state index >= 15 is 0 Å². The smallest absolute Gasteiger partial charge is 0.251 e. The number of allylic oxidation sites excluding steroid dienone is 2. The maximum atomic E-state index is 12.6. The fourth-order valence-electron chi connectivity index (χ4n) is 2.37. The average molecular weight is 335 g/mol. The molecule has 0 bridgehead atoms. The monoisotopic (exact) mass is 335 g/mol. The molecular formula is C22H25NO2. The summed E-state index contributed by atoms with van der Waals surface area (Å²) in [5.41, 5.74) is 2.66. The van der Waals surface area contributed by atoms with E-state index in [4.69, 9.17) is 4.74 Å². The van der Waals surface area contributed by atoms with Crippen molar-refractivity contribution < 1.29 is 9.53 Å². The zero-order valence-electron chi connectivity index (χ0n) is 14.9. The van der Waals surface area contributed by atoms with Crippen molar-refractivity contribution in [3.8, 4) is 5.75 Å². The van der Waals surface area contributed by atoms with E-state index in [1.165, 1.54) is 0 Å². The van der Waals surface area contributed by atoms with Crippen molar-refractivity contribution in [2.24, 2.45) is 0 Å². The molecule has 0 spiro atoms. The van der Waals surface area contributed by atoms with E-state index in [2.05, 4.69) is 12.2 Å². The van der Waals surface area contributed by atoms with Crippen LogP contribution < -0.4 is 10.1 Å². The van der Waals surface area contributed by atoms with Gasteiger partial charge in [-0.15, -0.1) is 0 Å². The maximum absolute atomic E-state index is 12.6. The molecule has 1 amide bonds. The Hall–Kier alpha value is -2.81. The molecule has 0 saturated heterocycles. The number of hydrogen-bond donors (Lipinski definition) is 1. The molecular weight excluding hydrogens is 310 g/mol. The van der Waals surface area contributed by atoms with Crippen LogP contribution >= 0.6 is 0 Å². The van der Waals surface area contributed by atoms with E-state index in [9.17, 15) is 4.79 Å². The number of nitrogens with one attached hydrogen (secondary N) is 1. The lowest BCUT2D eigenvalue weighted by Crippen LogP contribution is -2.14. The summed E-state index contributed by atoms with van der Waals surface area (Å²) in [6, 6.07) is 17.4. The number of ether oxygens (including phenoxy) is 1. The molecule has 0 aliphatic heterocycles. The van der Waals surface area contributed by atoms with Crippen molar-refractivity contribution in [2.75, 3.05) is 12.4 Å². The maximum Gasteiger partial charge on any atom is 0.251 e. The third-order valence-corrected chi connectivity index (χ3v) is 3.82. The number of benzene rings is 2. The van der Waals surface area contributed by atoms with Gasteiger partial charge in [-0.3, -0.25) is 4.79 Å². The molecule has 0 saturated carbocycles. The molecule has 2 aromatic carbocycles. The van der Waals surface area contributed by atoms with Gasteiger partial charge in [0.2, 0.25) is 0 Å². The summed E-state index contributed by atoms with van der Waals surface area (Å²) in [6.07, 6.45) is 8.65. The van der Waals surface area contributed by atoms with Gasteiger partial charge in [0.15, 0.2) is 0 Å². The first-order valence-corrected chi connectivity index (χ1v) is 8.60. The highest BCUT2D eigenvalue weighted by molar-refractivity contribution is 6.04. The minimum Gasteiger partial charge on any atom is -0.497 e. The number of anilines is 1. The lowest BCUT2D eigenvalue weighted by atomic mass is 10.1. The molecule has 2 aromatic rings. The lowest BCUT2D eigenvalue weighted by Gasteiger charge is -2.09. The molecule has 0 heterocycles. The number of carbonyl (C=O) groups is 1. The second-order valence-electron chi connectivity index (χ2n) is 5.75. The second-order valence-corrected chi connectivity index (χ2v) is 5.75. The van der Waals surface area contributed by atoms with E-state index in [1.54, 1.807) is 7.11 Å². The third-order valence-electron chi connectivity index (χ3n) is 3.82. The Morgan fingerprint density at radius 2 is 1.80 bits per heavy atom. The summed E-state index contributed by atoms with van der Waals surface area (Å²) in [7, 11) is 1.62. The van der Waals surface area contributed by atoms with Gasteiger partial charge in [-0.2, -0.15) is 0 Å². The normalized spacial score (nSPS) is 11.5. The van der Waals surface area contributed by atoms with Crippen LogP contribution in [0.1, 0.15) is 31.7 Å². The summed E-state index contributed by atoms with van der Waals surface area (Å²) in [5.74, 6) is 0.710. The molecule has 0 fully saturated rings. The van der Waals surface area contributed by atoms with Crippen molar-refractivity contribution in [1.29, 1.82) is 0 Å². The highest BCUT2D eigenvalue weighted by Crippen LogP contribution is 2.17. The summed E-state index contributed by atoms with van der Waals surface area (Å²) in [5, 5.41) is 2.95. The Labute approximate surface area is 150 Å². The SMILES string of the molecule is CCCC/C(=C\C=C\c1ccccc1)C(=O)Nc1ccc(OC)cc1. The number of rotatable bonds is 8. The molecule has 25 heavy (non-hydrogen) atoms. The van der Waals surface area contributed by atoms with E-state index in [1.807, 2.05) is 72.8 Å². The van der Waals surface area contributed by atoms with E-state index < -0.39 is 0 Å². The number of unbranched alkanes of at least 4 members (excludes halogenated alkanes) is 1. The van der Waals surface area contributed by atoms with Crippen molar-refractivity contribution in [1.82, 2.24) is 0 Å². The molecule has 0 atom stereocenters. The molecule has 0 aromatic heterocycles. The molecule has 0 unspecified atom stereocenters. The fourth-order valence-corrected chi connectivity index (χ4v) is 2.37. The predicted octanol–water partition coefficient (Wildman–Crippen LogP) is 5.46. The first-order chi connectivity index (χ1) is 12.2. The Balaban J connectivity index is 2.07. The Kier molecular flexibility index (Phi) is 7.51. The number of methoxy groups -OCH3 is 1. The lowest BCUT2D eigenvalue weighted by molar-refractivity contribution is -0.113. The Bertz CT molecular complexity index is 715. The first kappa shape index (κ1) is 18.5. The van der Waals surface area contributed by atoms with Gasteiger partial charge in [0.05, 0.1) is 7.11 Å². The van der Waals surface area contributed by atoms with Crippen molar-refractivity contribution in [3.63, 3.8) is 0 Å². The molecule has 0 radical (unpaired) electrons. The number of hydrogen-bond acceptors (Lipinski definition) is 2. The van der Waals surface area contributed by atoms with E-state index in [0.717, 1.165) is 41.8 Å². The molecule has 0 aliphatic rings. The number of carbonyl (C=O) groups excluding carboxylic acids is 1. The molecule has 2 rings (SSSR count). The van der Waals surface area contributed by atoms with Gasteiger partial charge in [-0.05, 0) is 42.7 Å². The zero-order valence-corrected chi connectivity index (χ0v) is 14.9. The van der Waals surface area contributed by atoms with Crippen LogP contribution in [0.3, 0.4) is 0 Å². The average Bonchev–Trinajstić information content (AvgIpc) is 2.66. The van der Waals surface area contributed by atoms with Gasteiger partial charge in [0.25, 0.3) is 5.91 Å². The summed E-state index contributed by atoms with van der Waals surface area (Å²) >= 11 is 0. The molecule has 1 N–H and O–H groups in total.